The summed E-state index contributed by atoms with van der Waals surface area (Å²) in [6, 6.07) is 11.3. The van der Waals surface area contributed by atoms with Crippen molar-refractivity contribution in [2.75, 3.05) is 18.0 Å². The molecule has 0 saturated carbocycles. The quantitative estimate of drug-likeness (QED) is 0.501. The molecule has 1 aromatic carbocycles. The second-order valence-corrected chi connectivity index (χ2v) is 9.78. The van der Waals surface area contributed by atoms with Gasteiger partial charge in [-0.1, -0.05) is 0 Å². The molecule has 1 fully saturated rings. The molecule has 170 valence electrons. The zero-order valence-electron chi connectivity index (χ0n) is 19.3. The van der Waals surface area contributed by atoms with Crippen molar-refractivity contribution in [2.24, 2.45) is 7.05 Å². The highest BCUT2D eigenvalue weighted by atomic mass is 16.3. The number of hydrogen-bond acceptors (Lipinski definition) is 7. The molecule has 1 saturated heterocycles. The molecule has 33 heavy (non-hydrogen) atoms. The van der Waals surface area contributed by atoms with Gasteiger partial charge in [-0.15, -0.1) is 0 Å². The van der Waals surface area contributed by atoms with Crippen molar-refractivity contribution in [1.29, 1.82) is 0 Å². The lowest BCUT2D eigenvalue weighted by Crippen LogP contribution is -2.44. The van der Waals surface area contributed by atoms with Crippen LogP contribution in [-0.2, 0) is 7.05 Å². The minimum Gasteiger partial charge on any atom is -0.507 e. The van der Waals surface area contributed by atoms with E-state index in [1.165, 1.54) is 17.0 Å². The van der Waals surface area contributed by atoms with Gasteiger partial charge in [-0.2, -0.15) is 0 Å². The lowest BCUT2D eigenvalue weighted by molar-refractivity contribution is 0.373. The highest BCUT2D eigenvalue weighted by Crippen LogP contribution is 2.32. The first-order valence-corrected chi connectivity index (χ1v) is 11.2. The molecule has 1 unspecified atom stereocenters. The van der Waals surface area contributed by atoms with Crippen LogP contribution in [0.2, 0.25) is 0 Å². The third-order valence-electron chi connectivity index (χ3n) is 5.99. The van der Waals surface area contributed by atoms with Crippen LogP contribution in [0.4, 0.5) is 5.82 Å². The molecular formula is C25H28N6O2. The number of hydrogen-bond donors (Lipinski definition) is 2. The highest BCUT2D eigenvalue weighted by Gasteiger charge is 2.26. The van der Waals surface area contributed by atoms with Gasteiger partial charge in [0.25, 0.3) is 5.56 Å². The van der Waals surface area contributed by atoms with E-state index in [1.54, 1.807) is 13.1 Å². The number of anilines is 1. The second-order valence-electron chi connectivity index (χ2n) is 9.78. The van der Waals surface area contributed by atoms with Gasteiger partial charge in [0.05, 0.1) is 34.0 Å². The van der Waals surface area contributed by atoms with Crippen LogP contribution in [0, 0.1) is 0 Å². The fraction of sp³-hybridized carbons (Fsp3) is 0.360. The minimum atomic E-state index is -0.202. The fourth-order valence-corrected chi connectivity index (χ4v) is 4.47. The predicted molar refractivity (Wildman–Crippen MR) is 131 cm³/mol. The molecule has 3 aromatic heterocycles. The normalized spacial score (nSPS) is 16.7. The molecule has 0 bridgehead atoms. The summed E-state index contributed by atoms with van der Waals surface area (Å²) in [6.07, 6.45) is 2.57. The number of aromatic hydroxyl groups is 1. The van der Waals surface area contributed by atoms with Crippen molar-refractivity contribution in [1.82, 2.24) is 24.8 Å². The van der Waals surface area contributed by atoms with Gasteiger partial charge in [-0.05, 0) is 63.6 Å². The predicted octanol–water partition coefficient (Wildman–Crippen LogP) is 3.22. The molecule has 1 aliphatic rings. The molecule has 4 heterocycles. The molecule has 1 aliphatic heterocycles. The van der Waals surface area contributed by atoms with Gasteiger partial charge in [0, 0.05) is 37.3 Å². The largest absolute Gasteiger partial charge is 0.507 e. The van der Waals surface area contributed by atoms with Crippen LogP contribution in [0.25, 0.3) is 33.2 Å². The van der Waals surface area contributed by atoms with Crippen molar-refractivity contribution in [3.05, 3.63) is 53.1 Å². The third-order valence-corrected chi connectivity index (χ3v) is 5.99. The summed E-state index contributed by atoms with van der Waals surface area (Å²) in [5, 5.41) is 14.6. The summed E-state index contributed by atoms with van der Waals surface area (Å²) in [5.41, 5.74) is 3.10. The molecule has 0 amide bonds. The number of nitrogens with one attached hydrogen (secondary N) is 1. The van der Waals surface area contributed by atoms with Crippen molar-refractivity contribution in [3.8, 4) is 17.0 Å². The molecule has 0 radical (unpaired) electrons. The Balaban J connectivity index is 1.45. The average Bonchev–Trinajstić information content (AvgIpc) is 3.22. The van der Waals surface area contributed by atoms with Gasteiger partial charge in [0.1, 0.15) is 11.6 Å². The van der Waals surface area contributed by atoms with E-state index < -0.39 is 0 Å². The second kappa shape index (κ2) is 7.81. The van der Waals surface area contributed by atoms with Gasteiger partial charge in [0.15, 0.2) is 0 Å². The maximum atomic E-state index is 12.3. The summed E-state index contributed by atoms with van der Waals surface area (Å²) in [4.78, 5) is 28.5. The van der Waals surface area contributed by atoms with E-state index in [1.807, 2.05) is 24.3 Å². The van der Waals surface area contributed by atoms with Crippen LogP contribution in [0.5, 0.6) is 5.75 Å². The zero-order valence-corrected chi connectivity index (χ0v) is 19.3. The monoisotopic (exact) mass is 444 g/mol. The van der Waals surface area contributed by atoms with Crippen LogP contribution < -0.4 is 15.8 Å². The number of nitrogens with zero attached hydrogens (tertiary/aromatic N) is 5. The summed E-state index contributed by atoms with van der Waals surface area (Å²) in [5.74, 6) is 0.947. The fourth-order valence-electron chi connectivity index (χ4n) is 4.47. The van der Waals surface area contributed by atoms with Gasteiger partial charge in [0.2, 0.25) is 0 Å². The van der Waals surface area contributed by atoms with E-state index in [2.05, 4.69) is 36.0 Å². The van der Waals surface area contributed by atoms with Crippen LogP contribution in [-0.4, -0.2) is 49.3 Å². The first kappa shape index (κ1) is 21.3. The summed E-state index contributed by atoms with van der Waals surface area (Å²) >= 11 is 0. The summed E-state index contributed by atoms with van der Waals surface area (Å²) in [6.45, 7) is 8.47. The van der Waals surface area contributed by atoms with E-state index in [0.717, 1.165) is 36.4 Å². The highest BCUT2D eigenvalue weighted by molar-refractivity contribution is 5.88. The van der Waals surface area contributed by atoms with Gasteiger partial charge < -0.3 is 19.9 Å². The van der Waals surface area contributed by atoms with Crippen LogP contribution in [0.3, 0.4) is 0 Å². The maximum absolute atomic E-state index is 12.3. The lowest BCUT2D eigenvalue weighted by Gasteiger charge is -2.26. The Kier molecular flexibility index (Phi) is 5.05. The van der Waals surface area contributed by atoms with E-state index in [-0.39, 0.29) is 16.8 Å². The van der Waals surface area contributed by atoms with Crippen LogP contribution in [0.15, 0.2) is 47.5 Å². The number of benzene rings is 1. The molecule has 8 heteroatoms. The number of phenols is 1. The van der Waals surface area contributed by atoms with Gasteiger partial charge in [-0.25, -0.2) is 15.0 Å². The topological polar surface area (TPSA) is 96.2 Å². The minimum absolute atomic E-state index is 0.00140. The molecular weight excluding hydrogens is 416 g/mol. The maximum Gasteiger partial charge on any atom is 0.261 e. The molecule has 1 atom stereocenters. The number of fused-ring (bicyclic) bond motifs is 2. The molecule has 0 aliphatic carbocycles. The first-order valence-electron chi connectivity index (χ1n) is 11.2. The number of phenolic OH excluding ortho intramolecular Hbond substituents is 1. The van der Waals surface area contributed by atoms with Crippen molar-refractivity contribution < 1.29 is 5.11 Å². The van der Waals surface area contributed by atoms with Crippen molar-refractivity contribution in [3.63, 3.8) is 0 Å². The molecule has 2 N–H and O–H groups in total. The molecule has 4 aromatic rings. The smallest absolute Gasteiger partial charge is 0.261 e. The van der Waals surface area contributed by atoms with E-state index in [0.29, 0.717) is 28.2 Å². The summed E-state index contributed by atoms with van der Waals surface area (Å²) in [7, 11) is 1.63. The first-order chi connectivity index (χ1) is 15.7. The van der Waals surface area contributed by atoms with E-state index in [9.17, 15) is 9.90 Å². The van der Waals surface area contributed by atoms with E-state index in [4.69, 9.17) is 9.97 Å². The SMILES string of the molecule is Cn1cnc2cc(-c3ccc4nc(N5CCC(NC(C)(C)C)C5)ccc4n3)c(O)cc2c1=O. The molecule has 8 nitrogen and oxygen atoms in total. The molecule has 0 spiro atoms. The molecule has 5 rings (SSSR count). The number of aryl methyl sites for hydroxylation is 1. The van der Waals surface area contributed by atoms with Gasteiger partial charge in [-0.3, -0.25) is 4.79 Å². The van der Waals surface area contributed by atoms with Gasteiger partial charge >= 0.3 is 0 Å². The average molecular weight is 445 g/mol. The zero-order chi connectivity index (χ0) is 23.3. The Morgan fingerprint density at radius 1 is 1.06 bits per heavy atom. The summed E-state index contributed by atoms with van der Waals surface area (Å²) < 4.78 is 1.39. The number of aromatic nitrogens is 4. The van der Waals surface area contributed by atoms with Crippen molar-refractivity contribution >= 4 is 27.8 Å². The lowest BCUT2D eigenvalue weighted by atomic mass is 10.1. The number of pyridine rings is 2. The Bertz CT molecular complexity index is 1420. The van der Waals surface area contributed by atoms with Crippen LogP contribution >= 0.6 is 0 Å². The van der Waals surface area contributed by atoms with Crippen LogP contribution in [0.1, 0.15) is 27.2 Å². The third kappa shape index (κ3) is 4.14. The van der Waals surface area contributed by atoms with Crippen molar-refractivity contribution in [2.45, 2.75) is 38.8 Å². The Labute approximate surface area is 191 Å². The standard InChI is InChI=1S/C25H28N6O2/c1-25(2,3)29-15-9-10-31(13-15)23-8-7-19-20(28-23)6-5-18(27-19)16-11-21-17(12-22(16)32)24(33)30(4)14-26-21/h5-8,11-12,14-15,29,32H,9-10,13H2,1-4H3. The number of rotatable bonds is 3. The Hall–Kier alpha value is -3.52. The Morgan fingerprint density at radius 3 is 2.61 bits per heavy atom. The Morgan fingerprint density at radius 2 is 1.82 bits per heavy atom. The van der Waals surface area contributed by atoms with E-state index >= 15 is 0 Å².